The second kappa shape index (κ2) is 8.01. The van der Waals surface area contributed by atoms with E-state index in [9.17, 15) is 14.4 Å². The molecule has 0 unspecified atom stereocenters. The summed E-state index contributed by atoms with van der Waals surface area (Å²) in [5.74, 6) is -1.03. The molecule has 192 valence electrons. The minimum absolute atomic E-state index is 0.170. The van der Waals surface area contributed by atoms with Crippen molar-refractivity contribution >= 4 is 29.0 Å². The zero-order valence-electron chi connectivity index (χ0n) is 21.4. The van der Waals surface area contributed by atoms with Gasteiger partial charge >= 0.3 is 0 Å². The summed E-state index contributed by atoms with van der Waals surface area (Å²) in [4.78, 5) is 46.0. The lowest BCUT2D eigenvalue weighted by atomic mass is 9.57. The van der Waals surface area contributed by atoms with Crippen molar-refractivity contribution < 1.29 is 19.1 Å². The number of anilines is 2. The van der Waals surface area contributed by atoms with Crippen LogP contribution in [0.5, 0.6) is 5.75 Å². The highest BCUT2D eigenvalue weighted by molar-refractivity contribution is 6.21. The molecule has 7 rings (SSSR count). The van der Waals surface area contributed by atoms with Crippen LogP contribution < -0.4 is 15.4 Å². The molecule has 4 heterocycles. The standard InChI is InChI=1S/C31H29N3O4/c1-3-18-14-15-23-21(17-18)31(29(37)33-23)30(20-10-5-6-11-22(20)32-28(30)36)26(24-12-8-16-34(24)31)27(35)19-9-4-7-13-25(19)38-2/h4-7,9-11,13-15,17,24,26H,3,8,12,16H2,1-2H3,(H,32,36)(H,33,37)/t24-,26-,30+,31+/m0/s1. The van der Waals surface area contributed by atoms with Crippen molar-refractivity contribution in [3.05, 3.63) is 89.0 Å². The van der Waals surface area contributed by atoms with Crippen LogP contribution in [0.15, 0.2) is 66.7 Å². The molecule has 0 saturated carbocycles. The molecule has 4 atom stereocenters. The van der Waals surface area contributed by atoms with Gasteiger partial charge in [-0.25, -0.2) is 0 Å². The fraction of sp³-hybridized carbons (Fsp3) is 0.323. The molecule has 2 fully saturated rings. The predicted molar refractivity (Wildman–Crippen MR) is 143 cm³/mol. The third-order valence-corrected chi connectivity index (χ3v) is 9.22. The SMILES string of the molecule is CCc1ccc2c(c1)[C@]1(C(=O)N2)N2CCC[C@H]2[C@@H](C(=O)c2ccccc2OC)[C@]12C(=O)Nc1ccccc12. The molecule has 0 aromatic heterocycles. The maximum Gasteiger partial charge on any atom is 0.251 e. The lowest BCUT2D eigenvalue weighted by Gasteiger charge is -2.43. The largest absolute Gasteiger partial charge is 0.496 e. The molecular formula is C31H29N3O4. The third kappa shape index (κ3) is 2.55. The fourth-order valence-electron chi connectivity index (χ4n) is 7.86. The summed E-state index contributed by atoms with van der Waals surface area (Å²) in [5, 5.41) is 6.21. The van der Waals surface area contributed by atoms with Gasteiger partial charge in [-0.2, -0.15) is 0 Å². The minimum Gasteiger partial charge on any atom is -0.496 e. The summed E-state index contributed by atoms with van der Waals surface area (Å²) in [5.41, 5.74) is 1.57. The van der Waals surface area contributed by atoms with Gasteiger partial charge in [0.1, 0.15) is 16.7 Å². The predicted octanol–water partition coefficient (Wildman–Crippen LogP) is 4.27. The van der Waals surface area contributed by atoms with Crippen molar-refractivity contribution in [2.45, 2.75) is 43.2 Å². The van der Waals surface area contributed by atoms with Crippen LogP contribution in [-0.4, -0.2) is 42.2 Å². The van der Waals surface area contributed by atoms with Gasteiger partial charge in [0.2, 0.25) is 5.91 Å². The summed E-state index contributed by atoms with van der Waals surface area (Å²) in [6.45, 7) is 2.70. The Balaban J connectivity index is 1.59. The zero-order valence-corrected chi connectivity index (χ0v) is 21.4. The molecule has 38 heavy (non-hydrogen) atoms. The van der Waals surface area contributed by atoms with Gasteiger partial charge in [-0.1, -0.05) is 49.4 Å². The van der Waals surface area contributed by atoms with Crippen molar-refractivity contribution in [1.29, 1.82) is 0 Å². The van der Waals surface area contributed by atoms with Crippen molar-refractivity contribution in [2.24, 2.45) is 5.92 Å². The van der Waals surface area contributed by atoms with Crippen molar-refractivity contribution in [1.82, 2.24) is 4.90 Å². The number of hydrogen-bond acceptors (Lipinski definition) is 5. The maximum atomic E-state index is 14.7. The van der Waals surface area contributed by atoms with Crippen molar-refractivity contribution in [2.75, 3.05) is 24.3 Å². The van der Waals surface area contributed by atoms with Gasteiger partial charge in [0.25, 0.3) is 5.91 Å². The maximum absolute atomic E-state index is 14.7. The molecule has 2 saturated heterocycles. The third-order valence-electron chi connectivity index (χ3n) is 9.22. The van der Waals surface area contributed by atoms with Gasteiger partial charge in [0.15, 0.2) is 5.78 Å². The van der Waals surface area contributed by atoms with E-state index in [1.165, 1.54) is 0 Å². The molecule has 3 aromatic carbocycles. The number of fused-ring (bicyclic) bond motifs is 7. The highest BCUT2D eigenvalue weighted by atomic mass is 16.5. The average Bonchev–Trinajstić information content (AvgIpc) is 3.66. The molecule has 7 heteroatoms. The number of benzene rings is 3. The lowest BCUT2D eigenvalue weighted by molar-refractivity contribution is -0.137. The first kappa shape index (κ1) is 23.2. The molecule has 0 aliphatic carbocycles. The highest BCUT2D eigenvalue weighted by Crippen LogP contribution is 2.68. The smallest absolute Gasteiger partial charge is 0.251 e. The van der Waals surface area contributed by atoms with E-state index in [0.717, 1.165) is 30.4 Å². The Morgan fingerprint density at radius 3 is 2.53 bits per heavy atom. The number of rotatable bonds is 4. The quantitative estimate of drug-likeness (QED) is 0.515. The number of methoxy groups -OCH3 is 1. The molecule has 2 spiro atoms. The Morgan fingerprint density at radius 1 is 0.974 bits per heavy atom. The van der Waals surface area contributed by atoms with Gasteiger partial charge in [0.05, 0.1) is 18.6 Å². The Labute approximate surface area is 221 Å². The van der Waals surface area contributed by atoms with Crippen LogP contribution in [0.2, 0.25) is 0 Å². The van der Waals surface area contributed by atoms with Gasteiger partial charge in [-0.05, 0) is 61.2 Å². The Hall–Kier alpha value is -3.97. The summed E-state index contributed by atoms with van der Waals surface area (Å²) < 4.78 is 5.60. The molecule has 0 bridgehead atoms. The number of ether oxygens (including phenoxy) is 1. The van der Waals surface area contributed by atoms with E-state index < -0.39 is 16.9 Å². The van der Waals surface area contributed by atoms with E-state index in [1.54, 1.807) is 19.2 Å². The number of amides is 2. The highest BCUT2D eigenvalue weighted by Gasteiger charge is 2.81. The Bertz CT molecular complexity index is 1530. The summed E-state index contributed by atoms with van der Waals surface area (Å²) >= 11 is 0. The molecule has 2 N–H and O–H groups in total. The molecule has 0 radical (unpaired) electrons. The van der Waals surface area contributed by atoms with E-state index >= 15 is 0 Å². The second-order valence-corrected chi connectivity index (χ2v) is 10.7. The van der Waals surface area contributed by atoms with Gasteiger partial charge in [0, 0.05) is 23.0 Å². The number of ketones is 1. The summed E-state index contributed by atoms with van der Waals surface area (Å²) in [6.07, 6.45) is 2.36. The van der Waals surface area contributed by atoms with Crippen LogP contribution in [0.25, 0.3) is 0 Å². The fourth-order valence-corrected chi connectivity index (χ4v) is 7.86. The first-order chi connectivity index (χ1) is 18.5. The van der Waals surface area contributed by atoms with E-state index in [-0.39, 0.29) is 23.6 Å². The monoisotopic (exact) mass is 507 g/mol. The number of para-hydroxylation sites is 2. The minimum atomic E-state index is -1.45. The molecule has 4 aliphatic heterocycles. The van der Waals surface area contributed by atoms with Crippen LogP contribution in [-0.2, 0) is 27.0 Å². The first-order valence-corrected chi connectivity index (χ1v) is 13.3. The normalized spacial score (nSPS) is 28.8. The number of nitrogens with zero attached hydrogens (tertiary/aromatic N) is 1. The lowest BCUT2D eigenvalue weighted by Crippen LogP contribution is -2.62. The molecule has 3 aromatic rings. The van der Waals surface area contributed by atoms with Gasteiger partial charge in [-0.3, -0.25) is 19.3 Å². The number of carbonyl (C=O) groups is 3. The van der Waals surface area contributed by atoms with Crippen molar-refractivity contribution in [3.8, 4) is 5.75 Å². The average molecular weight is 508 g/mol. The van der Waals surface area contributed by atoms with Crippen LogP contribution in [0, 0.1) is 5.92 Å². The molecule has 7 nitrogen and oxygen atoms in total. The van der Waals surface area contributed by atoms with E-state index in [2.05, 4.69) is 28.5 Å². The van der Waals surface area contributed by atoms with Crippen LogP contribution in [0.4, 0.5) is 11.4 Å². The van der Waals surface area contributed by atoms with Gasteiger partial charge < -0.3 is 15.4 Å². The molecular weight excluding hydrogens is 478 g/mol. The second-order valence-electron chi connectivity index (χ2n) is 10.7. The van der Waals surface area contributed by atoms with Crippen molar-refractivity contribution in [3.63, 3.8) is 0 Å². The summed E-state index contributed by atoms with van der Waals surface area (Å²) in [7, 11) is 1.55. The number of Topliss-reactive ketones (excluding diaryl/α,β-unsaturated/α-hetero) is 1. The Morgan fingerprint density at radius 2 is 1.71 bits per heavy atom. The van der Waals surface area contributed by atoms with E-state index in [4.69, 9.17) is 4.74 Å². The first-order valence-electron chi connectivity index (χ1n) is 13.3. The summed E-state index contributed by atoms with van der Waals surface area (Å²) in [6, 6.07) is 20.4. The number of aryl methyl sites for hydroxylation is 1. The number of hydrogen-bond donors (Lipinski definition) is 2. The molecule has 2 amide bonds. The van der Waals surface area contributed by atoms with Crippen LogP contribution >= 0.6 is 0 Å². The number of nitrogens with one attached hydrogen (secondary N) is 2. The van der Waals surface area contributed by atoms with Gasteiger partial charge in [-0.15, -0.1) is 0 Å². The van der Waals surface area contributed by atoms with E-state index in [1.807, 2.05) is 48.5 Å². The topological polar surface area (TPSA) is 87.7 Å². The number of carbonyl (C=O) groups excluding carboxylic acids is 3. The van der Waals surface area contributed by atoms with E-state index in [0.29, 0.717) is 34.8 Å². The Kier molecular flexibility index (Phi) is 4.89. The van der Waals surface area contributed by atoms with Crippen LogP contribution in [0.3, 0.4) is 0 Å². The van der Waals surface area contributed by atoms with Crippen LogP contribution in [0.1, 0.15) is 46.8 Å². The zero-order chi connectivity index (χ0) is 26.2. The molecule has 4 aliphatic rings.